The quantitative estimate of drug-likeness (QED) is 0.540. The van der Waals surface area contributed by atoms with E-state index in [0.29, 0.717) is 22.6 Å². The Hall–Kier alpha value is -3.49. The second-order valence-electron chi connectivity index (χ2n) is 5.97. The first-order valence-corrected chi connectivity index (χ1v) is 9.76. The fraction of sp³-hybridized carbons (Fsp3) is 0. The van der Waals surface area contributed by atoms with Crippen molar-refractivity contribution in [2.45, 2.75) is 4.90 Å². The zero-order valence-corrected chi connectivity index (χ0v) is 15.2. The SMILES string of the molecule is NS(=O)(=O)c1ccc(-c2ccc(/C=C3\N=C(c4ccccc4)OC3=O)o2)cc1. The van der Waals surface area contributed by atoms with Crippen molar-refractivity contribution >= 4 is 28.0 Å². The molecule has 0 spiro atoms. The standard InChI is InChI=1S/C20H14N2O5S/c21-28(24,25)16-9-6-13(7-10-16)18-11-8-15(26-18)12-17-20(23)27-19(22-17)14-4-2-1-3-5-14/h1-12H,(H2,21,24,25)/b17-12-. The molecule has 0 amide bonds. The number of rotatable bonds is 4. The molecule has 0 saturated carbocycles. The Labute approximate surface area is 160 Å². The van der Waals surface area contributed by atoms with Crippen molar-refractivity contribution in [3.63, 3.8) is 0 Å². The van der Waals surface area contributed by atoms with Crippen molar-refractivity contribution in [3.05, 3.63) is 83.8 Å². The number of sulfonamides is 1. The van der Waals surface area contributed by atoms with Crippen LogP contribution >= 0.6 is 0 Å². The molecule has 0 aliphatic carbocycles. The van der Waals surface area contributed by atoms with Crippen molar-refractivity contribution in [3.8, 4) is 11.3 Å². The minimum atomic E-state index is -3.75. The summed E-state index contributed by atoms with van der Waals surface area (Å²) in [4.78, 5) is 16.3. The molecule has 140 valence electrons. The van der Waals surface area contributed by atoms with E-state index < -0.39 is 16.0 Å². The molecule has 0 saturated heterocycles. The number of hydrogen-bond donors (Lipinski definition) is 1. The number of primary sulfonamides is 1. The predicted molar refractivity (Wildman–Crippen MR) is 103 cm³/mol. The summed E-state index contributed by atoms with van der Waals surface area (Å²) in [5.74, 6) is 0.596. The molecule has 2 heterocycles. The van der Waals surface area contributed by atoms with Crippen molar-refractivity contribution in [2.24, 2.45) is 10.1 Å². The van der Waals surface area contributed by atoms with Crippen LogP contribution in [0.1, 0.15) is 11.3 Å². The number of esters is 1. The van der Waals surface area contributed by atoms with E-state index in [-0.39, 0.29) is 16.5 Å². The molecular formula is C20H14N2O5S. The Bertz CT molecular complexity index is 1210. The number of furan rings is 1. The zero-order valence-electron chi connectivity index (χ0n) is 14.4. The Morgan fingerprint density at radius 3 is 2.29 bits per heavy atom. The molecule has 8 heteroatoms. The van der Waals surface area contributed by atoms with Gasteiger partial charge in [-0.2, -0.15) is 0 Å². The van der Waals surface area contributed by atoms with E-state index in [2.05, 4.69) is 4.99 Å². The van der Waals surface area contributed by atoms with E-state index in [9.17, 15) is 13.2 Å². The van der Waals surface area contributed by atoms with Gasteiger partial charge in [-0.25, -0.2) is 23.3 Å². The lowest BCUT2D eigenvalue weighted by atomic mass is 10.2. The zero-order chi connectivity index (χ0) is 19.7. The minimum Gasteiger partial charge on any atom is -0.457 e. The van der Waals surface area contributed by atoms with Gasteiger partial charge in [0.05, 0.1) is 4.90 Å². The molecule has 1 aliphatic rings. The number of benzene rings is 2. The van der Waals surface area contributed by atoms with E-state index >= 15 is 0 Å². The molecule has 0 radical (unpaired) electrons. The van der Waals surface area contributed by atoms with Crippen molar-refractivity contribution < 1.29 is 22.4 Å². The van der Waals surface area contributed by atoms with E-state index in [0.717, 1.165) is 0 Å². The molecule has 0 fully saturated rings. The van der Waals surface area contributed by atoms with E-state index in [4.69, 9.17) is 14.3 Å². The van der Waals surface area contributed by atoms with Gasteiger partial charge in [-0.3, -0.25) is 0 Å². The molecule has 1 aliphatic heterocycles. The van der Waals surface area contributed by atoms with Crippen LogP contribution in [0, 0.1) is 0 Å². The van der Waals surface area contributed by atoms with Gasteiger partial charge in [0.25, 0.3) is 0 Å². The Morgan fingerprint density at radius 1 is 0.893 bits per heavy atom. The number of nitrogens with zero attached hydrogens (tertiary/aromatic N) is 1. The molecule has 28 heavy (non-hydrogen) atoms. The summed E-state index contributed by atoms with van der Waals surface area (Å²) < 4.78 is 33.6. The van der Waals surface area contributed by atoms with Gasteiger partial charge in [0.2, 0.25) is 15.9 Å². The molecule has 7 nitrogen and oxygen atoms in total. The number of aliphatic imine (C=N–C) groups is 1. The first kappa shape index (κ1) is 17.9. The smallest absolute Gasteiger partial charge is 0.363 e. The molecule has 2 aromatic carbocycles. The second-order valence-corrected chi connectivity index (χ2v) is 7.53. The minimum absolute atomic E-state index is 0.0154. The average Bonchev–Trinajstić information content (AvgIpc) is 3.29. The highest BCUT2D eigenvalue weighted by Gasteiger charge is 2.24. The van der Waals surface area contributed by atoms with Gasteiger partial charge in [-0.15, -0.1) is 0 Å². The Balaban J connectivity index is 1.59. The fourth-order valence-electron chi connectivity index (χ4n) is 2.64. The van der Waals surface area contributed by atoms with Crippen LogP contribution in [0.25, 0.3) is 17.4 Å². The average molecular weight is 394 g/mol. The number of carbonyl (C=O) groups excluding carboxylic acids is 1. The number of ether oxygens (including phenoxy) is 1. The summed E-state index contributed by atoms with van der Waals surface area (Å²) >= 11 is 0. The van der Waals surface area contributed by atoms with Gasteiger partial charge in [0.15, 0.2) is 5.70 Å². The largest absolute Gasteiger partial charge is 0.457 e. The molecule has 4 rings (SSSR count). The van der Waals surface area contributed by atoms with Gasteiger partial charge >= 0.3 is 5.97 Å². The van der Waals surface area contributed by atoms with Crippen LogP contribution in [0.5, 0.6) is 0 Å². The first-order valence-electron chi connectivity index (χ1n) is 8.21. The molecule has 2 N–H and O–H groups in total. The van der Waals surface area contributed by atoms with E-state index in [1.165, 1.54) is 18.2 Å². The van der Waals surface area contributed by atoms with Crippen molar-refractivity contribution in [2.75, 3.05) is 0 Å². The normalized spacial score (nSPS) is 15.5. The number of cyclic esters (lactones) is 1. The van der Waals surface area contributed by atoms with Crippen LogP contribution in [0.2, 0.25) is 0 Å². The van der Waals surface area contributed by atoms with Crippen LogP contribution in [0.15, 0.2) is 86.7 Å². The Kier molecular flexibility index (Phi) is 4.42. The van der Waals surface area contributed by atoms with Gasteiger partial charge in [0.1, 0.15) is 11.5 Å². The molecule has 0 unspecified atom stereocenters. The number of nitrogens with two attached hydrogens (primary N) is 1. The molecule has 0 bridgehead atoms. The molecule has 3 aromatic rings. The lowest BCUT2D eigenvalue weighted by Gasteiger charge is -2.00. The predicted octanol–water partition coefficient (Wildman–Crippen LogP) is 2.94. The van der Waals surface area contributed by atoms with Crippen LogP contribution in [-0.4, -0.2) is 20.3 Å². The first-order chi connectivity index (χ1) is 13.4. The fourth-order valence-corrected chi connectivity index (χ4v) is 3.16. The van der Waals surface area contributed by atoms with Gasteiger partial charge in [-0.1, -0.05) is 18.2 Å². The van der Waals surface area contributed by atoms with Crippen LogP contribution in [0.4, 0.5) is 0 Å². The number of carbonyl (C=O) groups is 1. The maximum absolute atomic E-state index is 12.1. The highest BCUT2D eigenvalue weighted by Crippen LogP contribution is 2.26. The summed E-state index contributed by atoms with van der Waals surface area (Å²) in [7, 11) is -3.75. The molecular weight excluding hydrogens is 380 g/mol. The summed E-state index contributed by atoms with van der Waals surface area (Å²) in [6, 6.07) is 18.5. The third kappa shape index (κ3) is 3.64. The lowest BCUT2D eigenvalue weighted by molar-refractivity contribution is -0.129. The van der Waals surface area contributed by atoms with Crippen LogP contribution in [0.3, 0.4) is 0 Å². The van der Waals surface area contributed by atoms with Gasteiger partial charge in [0, 0.05) is 17.2 Å². The summed E-state index contributed by atoms with van der Waals surface area (Å²) in [5.41, 5.74) is 1.50. The van der Waals surface area contributed by atoms with Gasteiger partial charge in [-0.05, 0) is 48.5 Å². The summed E-state index contributed by atoms with van der Waals surface area (Å²) in [5, 5.41) is 5.09. The van der Waals surface area contributed by atoms with Crippen molar-refractivity contribution in [1.82, 2.24) is 0 Å². The number of hydrogen-bond acceptors (Lipinski definition) is 6. The van der Waals surface area contributed by atoms with E-state index in [1.54, 1.807) is 36.4 Å². The monoisotopic (exact) mass is 394 g/mol. The summed E-state index contributed by atoms with van der Waals surface area (Å²) in [6.07, 6.45) is 1.49. The summed E-state index contributed by atoms with van der Waals surface area (Å²) in [6.45, 7) is 0. The topological polar surface area (TPSA) is 112 Å². The molecule has 0 atom stereocenters. The third-order valence-electron chi connectivity index (χ3n) is 4.01. The lowest BCUT2D eigenvalue weighted by Crippen LogP contribution is -2.11. The van der Waals surface area contributed by atoms with Crippen LogP contribution < -0.4 is 5.14 Å². The van der Waals surface area contributed by atoms with Crippen LogP contribution in [-0.2, 0) is 19.6 Å². The second kappa shape index (κ2) is 6.91. The van der Waals surface area contributed by atoms with E-state index in [1.807, 2.05) is 18.2 Å². The maximum Gasteiger partial charge on any atom is 0.363 e. The maximum atomic E-state index is 12.1. The molecule has 1 aromatic heterocycles. The highest BCUT2D eigenvalue weighted by atomic mass is 32.2. The highest BCUT2D eigenvalue weighted by molar-refractivity contribution is 7.89. The van der Waals surface area contributed by atoms with Gasteiger partial charge < -0.3 is 9.15 Å². The Morgan fingerprint density at radius 2 is 1.61 bits per heavy atom. The van der Waals surface area contributed by atoms with Crippen molar-refractivity contribution in [1.29, 1.82) is 0 Å². The third-order valence-corrected chi connectivity index (χ3v) is 4.94.